The predicted octanol–water partition coefficient (Wildman–Crippen LogP) is 0.959. The Bertz CT molecular complexity index is 410. The van der Waals surface area contributed by atoms with Crippen molar-refractivity contribution in [2.75, 3.05) is 32.0 Å². The molecule has 5 nitrogen and oxygen atoms in total. The molecule has 3 fully saturated rings. The van der Waals surface area contributed by atoms with Crippen LogP contribution in [0.15, 0.2) is 0 Å². The average Bonchev–Trinajstić information content (AvgIpc) is 3.15. The quantitative estimate of drug-likeness (QED) is 0.794. The number of piperidine rings is 1. The van der Waals surface area contributed by atoms with Crippen molar-refractivity contribution in [3.63, 3.8) is 0 Å². The summed E-state index contributed by atoms with van der Waals surface area (Å²) in [7, 11) is -3.15. The second-order valence-electron chi connectivity index (χ2n) is 6.41. The molecule has 1 unspecified atom stereocenters. The van der Waals surface area contributed by atoms with E-state index >= 15 is 0 Å². The van der Waals surface area contributed by atoms with Crippen LogP contribution in [0, 0.1) is 5.92 Å². The van der Waals surface area contributed by atoms with E-state index in [0.717, 1.165) is 64.8 Å². The summed E-state index contributed by atoms with van der Waals surface area (Å²) in [6.45, 7) is 3.49. The first-order chi connectivity index (χ1) is 9.65. The van der Waals surface area contributed by atoms with Crippen LogP contribution < -0.4 is 5.32 Å². The van der Waals surface area contributed by atoms with Crippen molar-refractivity contribution in [1.82, 2.24) is 9.62 Å². The molecule has 2 aliphatic heterocycles. The van der Waals surface area contributed by atoms with Gasteiger partial charge in [-0.05, 0) is 57.5 Å². The van der Waals surface area contributed by atoms with Crippen molar-refractivity contribution < 1.29 is 13.2 Å². The highest BCUT2D eigenvalue weighted by Gasteiger charge is 2.39. The third-order valence-corrected chi connectivity index (χ3v) is 6.58. The van der Waals surface area contributed by atoms with Crippen LogP contribution in [-0.2, 0) is 14.8 Å². The Balaban J connectivity index is 1.62. The first-order valence-corrected chi connectivity index (χ1v) is 9.58. The average molecular weight is 302 g/mol. The van der Waals surface area contributed by atoms with Gasteiger partial charge in [-0.15, -0.1) is 0 Å². The molecule has 0 spiro atoms. The summed E-state index contributed by atoms with van der Waals surface area (Å²) < 4.78 is 32.7. The monoisotopic (exact) mass is 302 g/mol. The number of hydrogen-bond donors (Lipinski definition) is 1. The van der Waals surface area contributed by atoms with Crippen molar-refractivity contribution >= 4 is 10.0 Å². The fourth-order valence-corrected chi connectivity index (χ4v) is 5.30. The summed E-state index contributed by atoms with van der Waals surface area (Å²) in [5, 5.41) is 3.34. The first kappa shape index (κ1) is 14.8. The first-order valence-electron chi connectivity index (χ1n) is 7.97. The minimum absolute atomic E-state index is 0.0747. The second kappa shape index (κ2) is 6.30. The fourth-order valence-electron chi connectivity index (χ4n) is 3.28. The number of hydrogen-bond acceptors (Lipinski definition) is 4. The summed E-state index contributed by atoms with van der Waals surface area (Å²) in [5.41, 5.74) is 0. The molecule has 1 atom stereocenters. The fraction of sp³-hybridized carbons (Fsp3) is 1.00. The Morgan fingerprint density at radius 3 is 2.45 bits per heavy atom. The van der Waals surface area contributed by atoms with Crippen LogP contribution in [0.25, 0.3) is 0 Å². The molecule has 1 aliphatic carbocycles. The number of rotatable bonds is 6. The molecule has 20 heavy (non-hydrogen) atoms. The maximum absolute atomic E-state index is 12.7. The van der Waals surface area contributed by atoms with Gasteiger partial charge in [0.1, 0.15) is 0 Å². The topological polar surface area (TPSA) is 58.6 Å². The van der Waals surface area contributed by atoms with E-state index in [1.165, 1.54) is 0 Å². The van der Waals surface area contributed by atoms with Gasteiger partial charge in [-0.2, -0.15) is 4.31 Å². The van der Waals surface area contributed by atoms with Crippen LogP contribution in [0.4, 0.5) is 0 Å². The van der Waals surface area contributed by atoms with Gasteiger partial charge in [0, 0.05) is 19.2 Å². The largest absolute Gasteiger partial charge is 0.377 e. The highest BCUT2D eigenvalue weighted by molar-refractivity contribution is 7.89. The standard InChI is InChI=1S/C14H26N2O3S/c17-20(18,11-14-2-1-9-19-14)16(13-3-4-13)10-12-5-7-15-8-6-12/h12-15H,1-11H2. The summed E-state index contributed by atoms with van der Waals surface area (Å²) in [4.78, 5) is 0. The highest BCUT2D eigenvalue weighted by Crippen LogP contribution is 2.32. The zero-order chi connectivity index (χ0) is 14.0. The Hall–Kier alpha value is -0.170. The Morgan fingerprint density at radius 2 is 1.85 bits per heavy atom. The molecule has 6 heteroatoms. The van der Waals surface area contributed by atoms with Crippen molar-refractivity contribution in [1.29, 1.82) is 0 Å². The summed E-state index contributed by atoms with van der Waals surface area (Å²) in [6, 6.07) is 0.274. The summed E-state index contributed by atoms with van der Waals surface area (Å²) >= 11 is 0. The highest BCUT2D eigenvalue weighted by atomic mass is 32.2. The van der Waals surface area contributed by atoms with Gasteiger partial charge in [-0.1, -0.05) is 0 Å². The summed E-state index contributed by atoms with van der Waals surface area (Å²) in [6.07, 6.45) is 6.08. The molecule has 1 N–H and O–H groups in total. The molecule has 0 amide bonds. The van der Waals surface area contributed by atoms with Crippen molar-refractivity contribution in [2.24, 2.45) is 5.92 Å². The van der Waals surface area contributed by atoms with Crippen molar-refractivity contribution in [3.8, 4) is 0 Å². The number of sulfonamides is 1. The lowest BCUT2D eigenvalue weighted by molar-refractivity contribution is 0.126. The van der Waals surface area contributed by atoms with Gasteiger partial charge in [-0.3, -0.25) is 0 Å². The third kappa shape index (κ3) is 3.72. The van der Waals surface area contributed by atoms with Crippen molar-refractivity contribution in [2.45, 2.75) is 50.7 Å². The smallest absolute Gasteiger partial charge is 0.216 e. The minimum atomic E-state index is -3.15. The van der Waals surface area contributed by atoms with E-state index < -0.39 is 10.0 Å². The van der Waals surface area contributed by atoms with Gasteiger partial charge in [0.15, 0.2) is 0 Å². The molecule has 2 heterocycles. The lowest BCUT2D eigenvalue weighted by Crippen LogP contribution is -2.43. The molecule has 0 radical (unpaired) electrons. The molecule has 3 aliphatic rings. The molecule has 2 saturated heterocycles. The van der Waals surface area contributed by atoms with Crippen LogP contribution in [0.5, 0.6) is 0 Å². The van der Waals surface area contributed by atoms with E-state index in [9.17, 15) is 8.42 Å². The maximum atomic E-state index is 12.7. The molecule has 3 rings (SSSR count). The van der Waals surface area contributed by atoms with E-state index in [1.54, 1.807) is 0 Å². The van der Waals surface area contributed by atoms with Gasteiger partial charge in [0.25, 0.3) is 0 Å². The predicted molar refractivity (Wildman–Crippen MR) is 78.1 cm³/mol. The number of nitrogens with zero attached hydrogens (tertiary/aromatic N) is 1. The lowest BCUT2D eigenvalue weighted by Gasteiger charge is -2.30. The number of nitrogens with one attached hydrogen (secondary N) is 1. The molecule has 0 aromatic carbocycles. The Morgan fingerprint density at radius 1 is 1.10 bits per heavy atom. The zero-order valence-corrected chi connectivity index (χ0v) is 12.9. The second-order valence-corrected chi connectivity index (χ2v) is 8.37. The molecule has 0 aromatic rings. The van der Waals surface area contributed by atoms with E-state index in [4.69, 9.17) is 4.74 Å². The van der Waals surface area contributed by atoms with E-state index in [-0.39, 0.29) is 17.9 Å². The Labute approximate surface area is 122 Å². The van der Waals surface area contributed by atoms with Crippen LogP contribution >= 0.6 is 0 Å². The van der Waals surface area contributed by atoms with Crippen LogP contribution in [-0.4, -0.2) is 56.9 Å². The minimum Gasteiger partial charge on any atom is -0.377 e. The molecular formula is C14H26N2O3S. The summed E-state index contributed by atoms with van der Waals surface area (Å²) in [5.74, 6) is 0.713. The molecular weight excluding hydrogens is 276 g/mol. The van der Waals surface area contributed by atoms with Gasteiger partial charge >= 0.3 is 0 Å². The third-order valence-electron chi connectivity index (χ3n) is 4.63. The number of ether oxygens (including phenoxy) is 1. The van der Waals surface area contributed by atoms with E-state index in [2.05, 4.69) is 5.32 Å². The zero-order valence-electron chi connectivity index (χ0n) is 12.1. The van der Waals surface area contributed by atoms with E-state index in [1.807, 2.05) is 4.31 Å². The van der Waals surface area contributed by atoms with E-state index in [0.29, 0.717) is 5.92 Å². The maximum Gasteiger partial charge on any atom is 0.216 e. The lowest BCUT2D eigenvalue weighted by atomic mass is 9.98. The Kier molecular flexibility index (Phi) is 4.65. The SMILES string of the molecule is O=S(=O)(CC1CCCO1)N(CC1CCNCC1)C1CC1. The molecule has 0 bridgehead atoms. The molecule has 1 saturated carbocycles. The molecule has 0 aromatic heterocycles. The van der Waals surface area contributed by atoms with Crippen LogP contribution in [0.3, 0.4) is 0 Å². The van der Waals surface area contributed by atoms with Crippen LogP contribution in [0.2, 0.25) is 0 Å². The van der Waals surface area contributed by atoms with Crippen LogP contribution in [0.1, 0.15) is 38.5 Å². The van der Waals surface area contributed by atoms with Gasteiger partial charge in [0.2, 0.25) is 10.0 Å². The van der Waals surface area contributed by atoms with Gasteiger partial charge in [-0.25, -0.2) is 8.42 Å². The van der Waals surface area contributed by atoms with Crippen molar-refractivity contribution in [3.05, 3.63) is 0 Å². The normalized spacial score (nSPS) is 29.1. The van der Waals surface area contributed by atoms with Gasteiger partial charge < -0.3 is 10.1 Å². The van der Waals surface area contributed by atoms with Gasteiger partial charge in [0.05, 0.1) is 11.9 Å². The molecule has 116 valence electrons.